The smallest absolute Gasteiger partial charge is 0.254 e. The van der Waals surface area contributed by atoms with Crippen molar-refractivity contribution in [1.82, 2.24) is 15.3 Å². The lowest BCUT2D eigenvalue weighted by atomic mass is 10.2. The summed E-state index contributed by atoms with van der Waals surface area (Å²) in [5.74, 6) is 0.846. The van der Waals surface area contributed by atoms with Crippen LogP contribution in [-0.4, -0.2) is 16.5 Å². The number of fused-ring (bicyclic) bond motifs is 1. The summed E-state index contributed by atoms with van der Waals surface area (Å²) in [5.41, 5.74) is 2.03. The third kappa shape index (κ3) is 1.49. The van der Waals surface area contributed by atoms with Gasteiger partial charge in [0.15, 0.2) is 0 Å². The molecular formula is C11H15N3O. The van der Waals surface area contributed by atoms with Gasteiger partial charge in [-0.15, -0.1) is 0 Å². The molecule has 15 heavy (non-hydrogen) atoms. The maximum atomic E-state index is 11.8. The molecule has 1 unspecified atom stereocenters. The lowest BCUT2D eigenvalue weighted by molar-refractivity contribution is 0.597. The molecule has 1 atom stereocenters. The Balaban J connectivity index is 2.03. The van der Waals surface area contributed by atoms with E-state index >= 15 is 0 Å². The van der Waals surface area contributed by atoms with Crippen molar-refractivity contribution in [3.05, 3.63) is 27.4 Å². The second-order valence-corrected chi connectivity index (χ2v) is 4.38. The largest absolute Gasteiger partial charge is 0.309 e. The van der Waals surface area contributed by atoms with Crippen molar-refractivity contribution in [2.24, 2.45) is 0 Å². The number of nitrogens with zero attached hydrogens (tertiary/aromatic N) is 1. The van der Waals surface area contributed by atoms with Crippen LogP contribution in [0.1, 0.15) is 42.4 Å². The van der Waals surface area contributed by atoms with Crippen LogP contribution in [-0.2, 0) is 12.8 Å². The maximum absolute atomic E-state index is 11.8. The monoisotopic (exact) mass is 205 g/mol. The minimum Gasteiger partial charge on any atom is -0.309 e. The maximum Gasteiger partial charge on any atom is 0.254 e. The minimum absolute atomic E-state index is 0.0844. The van der Waals surface area contributed by atoms with E-state index in [1.165, 1.54) is 6.42 Å². The number of nitrogens with one attached hydrogen (secondary N) is 2. The van der Waals surface area contributed by atoms with Gasteiger partial charge in [-0.25, -0.2) is 4.98 Å². The number of aromatic nitrogens is 2. The summed E-state index contributed by atoms with van der Waals surface area (Å²) in [6.45, 7) is 1.03. The summed E-state index contributed by atoms with van der Waals surface area (Å²) < 4.78 is 0. The first-order valence-electron chi connectivity index (χ1n) is 5.70. The first-order valence-corrected chi connectivity index (χ1v) is 5.70. The lowest BCUT2D eigenvalue weighted by Crippen LogP contribution is -2.23. The van der Waals surface area contributed by atoms with Gasteiger partial charge in [-0.1, -0.05) is 0 Å². The molecule has 3 rings (SSSR count). The summed E-state index contributed by atoms with van der Waals surface area (Å²) in [6, 6.07) is 0.267. The van der Waals surface area contributed by atoms with Crippen LogP contribution in [0.3, 0.4) is 0 Å². The fourth-order valence-electron chi connectivity index (χ4n) is 2.54. The van der Waals surface area contributed by atoms with Crippen LogP contribution in [0.5, 0.6) is 0 Å². The number of hydrogen-bond acceptors (Lipinski definition) is 3. The molecule has 4 heteroatoms. The van der Waals surface area contributed by atoms with Crippen LogP contribution in [0.15, 0.2) is 4.79 Å². The zero-order valence-corrected chi connectivity index (χ0v) is 8.68. The Morgan fingerprint density at radius 1 is 1.27 bits per heavy atom. The molecule has 0 aromatic carbocycles. The van der Waals surface area contributed by atoms with Crippen LogP contribution in [0.25, 0.3) is 0 Å². The highest BCUT2D eigenvalue weighted by atomic mass is 16.1. The van der Waals surface area contributed by atoms with Crippen molar-refractivity contribution < 1.29 is 0 Å². The molecule has 1 aliphatic heterocycles. The van der Waals surface area contributed by atoms with E-state index in [2.05, 4.69) is 15.3 Å². The molecule has 1 saturated heterocycles. The Morgan fingerprint density at radius 2 is 2.20 bits per heavy atom. The van der Waals surface area contributed by atoms with Crippen molar-refractivity contribution in [1.29, 1.82) is 0 Å². The molecule has 1 aliphatic carbocycles. The van der Waals surface area contributed by atoms with Crippen LogP contribution in [0, 0.1) is 0 Å². The second kappa shape index (κ2) is 3.45. The van der Waals surface area contributed by atoms with Crippen molar-refractivity contribution in [3.8, 4) is 0 Å². The van der Waals surface area contributed by atoms with Crippen LogP contribution in [0.2, 0.25) is 0 Å². The standard InChI is InChI=1S/C11H15N3O/c15-11-7-3-1-4-8(7)13-10(14-11)9-5-2-6-12-9/h9,12H,1-6H2,(H,13,14,15). The molecule has 1 aromatic rings. The molecule has 0 bridgehead atoms. The van der Waals surface area contributed by atoms with Gasteiger partial charge < -0.3 is 10.3 Å². The van der Waals surface area contributed by atoms with Gasteiger partial charge in [0.25, 0.3) is 5.56 Å². The summed E-state index contributed by atoms with van der Waals surface area (Å²) in [5, 5.41) is 3.36. The molecular weight excluding hydrogens is 190 g/mol. The summed E-state index contributed by atoms with van der Waals surface area (Å²) >= 11 is 0. The van der Waals surface area contributed by atoms with E-state index in [-0.39, 0.29) is 11.6 Å². The molecule has 0 radical (unpaired) electrons. The Kier molecular flexibility index (Phi) is 2.09. The highest BCUT2D eigenvalue weighted by Crippen LogP contribution is 2.22. The Labute approximate surface area is 88.1 Å². The van der Waals surface area contributed by atoms with Gasteiger partial charge in [0.05, 0.1) is 11.7 Å². The van der Waals surface area contributed by atoms with E-state index in [1.54, 1.807) is 0 Å². The van der Waals surface area contributed by atoms with E-state index in [0.29, 0.717) is 0 Å². The average molecular weight is 205 g/mol. The number of H-pyrrole nitrogens is 1. The summed E-state index contributed by atoms with van der Waals surface area (Å²) in [7, 11) is 0. The predicted octanol–water partition coefficient (Wildman–Crippen LogP) is 0.683. The predicted molar refractivity (Wildman–Crippen MR) is 56.9 cm³/mol. The van der Waals surface area contributed by atoms with E-state index in [4.69, 9.17) is 0 Å². The zero-order chi connectivity index (χ0) is 10.3. The highest BCUT2D eigenvalue weighted by molar-refractivity contribution is 5.23. The fourth-order valence-corrected chi connectivity index (χ4v) is 2.54. The Hall–Kier alpha value is -1.16. The summed E-state index contributed by atoms with van der Waals surface area (Å²) in [6.07, 6.45) is 5.20. The van der Waals surface area contributed by atoms with Crippen LogP contribution < -0.4 is 10.9 Å². The van der Waals surface area contributed by atoms with Crippen molar-refractivity contribution in [2.75, 3.05) is 6.54 Å². The molecule has 0 spiro atoms. The minimum atomic E-state index is 0.0844. The van der Waals surface area contributed by atoms with Gasteiger partial charge in [-0.3, -0.25) is 4.79 Å². The van der Waals surface area contributed by atoms with Crippen molar-refractivity contribution >= 4 is 0 Å². The Morgan fingerprint density at radius 3 is 3.00 bits per heavy atom. The first kappa shape index (κ1) is 9.09. The molecule has 0 saturated carbocycles. The number of hydrogen-bond donors (Lipinski definition) is 2. The third-order valence-corrected chi connectivity index (χ3v) is 3.35. The second-order valence-electron chi connectivity index (χ2n) is 4.38. The summed E-state index contributed by atoms with van der Waals surface area (Å²) in [4.78, 5) is 19.3. The number of rotatable bonds is 1. The van der Waals surface area contributed by atoms with E-state index in [0.717, 1.165) is 49.3 Å². The SMILES string of the molecule is O=c1[nH]c(C2CCCN2)nc2c1CCC2. The molecule has 2 heterocycles. The van der Waals surface area contributed by atoms with E-state index in [1.807, 2.05) is 0 Å². The molecule has 1 fully saturated rings. The van der Waals surface area contributed by atoms with Gasteiger partial charge in [0, 0.05) is 5.56 Å². The quantitative estimate of drug-likeness (QED) is 0.709. The molecule has 2 aliphatic rings. The number of aromatic amines is 1. The zero-order valence-electron chi connectivity index (χ0n) is 8.68. The number of aryl methyl sites for hydroxylation is 1. The van der Waals surface area contributed by atoms with Crippen molar-refractivity contribution in [2.45, 2.75) is 38.1 Å². The van der Waals surface area contributed by atoms with Gasteiger partial charge in [-0.05, 0) is 38.6 Å². The topological polar surface area (TPSA) is 57.8 Å². The van der Waals surface area contributed by atoms with Gasteiger partial charge in [0.2, 0.25) is 0 Å². The Bertz CT molecular complexity index is 432. The first-order chi connectivity index (χ1) is 7.34. The molecule has 2 N–H and O–H groups in total. The van der Waals surface area contributed by atoms with Crippen LogP contribution in [0.4, 0.5) is 0 Å². The molecule has 0 amide bonds. The third-order valence-electron chi connectivity index (χ3n) is 3.35. The fraction of sp³-hybridized carbons (Fsp3) is 0.636. The van der Waals surface area contributed by atoms with Crippen LogP contribution >= 0.6 is 0 Å². The van der Waals surface area contributed by atoms with Gasteiger partial charge >= 0.3 is 0 Å². The van der Waals surface area contributed by atoms with Crippen molar-refractivity contribution in [3.63, 3.8) is 0 Å². The van der Waals surface area contributed by atoms with Gasteiger partial charge in [-0.2, -0.15) is 0 Å². The van der Waals surface area contributed by atoms with E-state index in [9.17, 15) is 4.79 Å². The molecule has 4 nitrogen and oxygen atoms in total. The average Bonchev–Trinajstić information content (AvgIpc) is 2.88. The molecule has 80 valence electrons. The normalized spacial score (nSPS) is 24.4. The lowest BCUT2D eigenvalue weighted by Gasteiger charge is -2.10. The van der Waals surface area contributed by atoms with Gasteiger partial charge in [0.1, 0.15) is 5.82 Å². The molecule has 1 aromatic heterocycles. The highest BCUT2D eigenvalue weighted by Gasteiger charge is 2.22. The van der Waals surface area contributed by atoms with E-state index < -0.39 is 0 Å².